The maximum atomic E-state index is 14.0. The Morgan fingerprint density at radius 3 is 2.32 bits per heavy atom. The van der Waals surface area contributed by atoms with E-state index in [1.54, 1.807) is 25.1 Å². The third kappa shape index (κ3) is 9.00. The summed E-state index contributed by atoms with van der Waals surface area (Å²) in [6.07, 6.45) is -3.25. The van der Waals surface area contributed by atoms with Crippen LogP contribution in [0, 0.1) is 24.3 Å². The Balaban J connectivity index is 0.00000342. The van der Waals surface area contributed by atoms with Crippen LogP contribution >= 0.6 is 7.37 Å². The number of aryl methyl sites for hydroxylation is 1. The Hall–Kier alpha value is -2.11. The fraction of sp³-hybridized carbons (Fsp3) is 0.259. The van der Waals surface area contributed by atoms with Crippen molar-refractivity contribution in [2.45, 2.75) is 39.2 Å². The predicted molar refractivity (Wildman–Crippen MR) is 129 cm³/mol. The molecule has 3 rings (SSSR count). The van der Waals surface area contributed by atoms with Crippen molar-refractivity contribution in [2.75, 3.05) is 6.16 Å². The first-order valence-electron chi connectivity index (χ1n) is 11.0. The zero-order chi connectivity index (χ0) is 25.8. The molecule has 2 atom stereocenters. The summed E-state index contributed by atoms with van der Waals surface area (Å²) >= 11 is 0. The molecule has 1 aromatic heterocycles. The molecule has 0 amide bonds. The minimum absolute atomic E-state index is 0. The van der Waals surface area contributed by atoms with Crippen LogP contribution in [0.15, 0.2) is 54.6 Å². The standard InChI is InChI=1S/C27H27FNO5P.2Li/c1-17(2)27-22(11-12-35(33,34)16-21(30)14-26(31)32)23(20-9-10-24(28)18(3)13-20)15-25(29-27)19-7-5-4-6-8-19;;/h4-10,13,15,17,21,30H,14,16H2,1-3H3,(H,31,32)(H,33,34);;/q;2*+1/p-2/t21-;;/m1../s1. The molecule has 0 bridgehead atoms. The number of carboxylic acids is 1. The minimum Gasteiger partial charge on any atom is -0.790 e. The number of nitrogens with zero attached hydrogens (tertiary/aromatic N) is 1. The monoisotopic (exact) mass is 507 g/mol. The average Bonchev–Trinajstić information content (AvgIpc) is 2.78. The molecule has 1 unspecified atom stereocenters. The number of halogens is 1. The first-order valence-corrected chi connectivity index (χ1v) is 12.9. The van der Waals surface area contributed by atoms with E-state index in [-0.39, 0.29) is 49.5 Å². The fourth-order valence-corrected chi connectivity index (χ4v) is 4.69. The number of hydrogen-bond acceptors (Lipinski definition) is 6. The molecule has 0 saturated carbocycles. The van der Waals surface area contributed by atoms with Crippen molar-refractivity contribution in [3.63, 3.8) is 0 Å². The molecule has 1 heterocycles. The van der Waals surface area contributed by atoms with Crippen LogP contribution < -0.4 is 47.7 Å². The zero-order valence-electron chi connectivity index (χ0n) is 21.6. The Labute approximate surface area is 240 Å². The molecule has 0 aliphatic heterocycles. The molecule has 182 valence electrons. The molecule has 37 heavy (non-hydrogen) atoms. The van der Waals surface area contributed by atoms with Gasteiger partial charge in [0, 0.05) is 29.7 Å². The van der Waals surface area contributed by atoms with Crippen molar-refractivity contribution in [1.29, 1.82) is 0 Å². The second-order valence-corrected chi connectivity index (χ2v) is 10.6. The van der Waals surface area contributed by atoms with Gasteiger partial charge in [-0.3, -0.25) is 4.98 Å². The number of rotatable bonds is 7. The number of aromatic nitrogens is 1. The van der Waals surface area contributed by atoms with Crippen molar-refractivity contribution in [3.05, 3.63) is 77.2 Å². The molecular formula is C27H25FLi2NO5P. The van der Waals surface area contributed by atoms with Crippen molar-refractivity contribution in [3.8, 4) is 34.0 Å². The molecule has 2 aromatic carbocycles. The van der Waals surface area contributed by atoms with Crippen LogP contribution in [0.2, 0.25) is 0 Å². The first-order chi connectivity index (χ1) is 16.5. The van der Waals surface area contributed by atoms with Gasteiger partial charge in [0.2, 0.25) is 0 Å². The van der Waals surface area contributed by atoms with Gasteiger partial charge in [-0.1, -0.05) is 56.2 Å². The van der Waals surface area contributed by atoms with E-state index in [4.69, 9.17) is 4.98 Å². The zero-order valence-corrected chi connectivity index (χ0v) is 22.5. The van der Waals surface area contributed by atoms with Gasteiger partial charge in [0.05, 0.1) is 30.4 Å². The number of aliphatic hydroxyl groups excluding tert-OH is 1. The number of aliphatic carboxylic acids is 1. The second-order valence-electron chi connectivity index (χ2n) is 8.62. The quantitative estimate of drug-likeness (QED) is 0.214. The molecule has 1 N–H and O–H groups in total. The maximum absolute atomic E-state index is 14.0. The molecule has 0 aliphatic carbocycles. The van der Waals surface area contributed by atoms with E-state index in [9.17, 15) is 28.9 Å². The third-order valence-electron chi connectivity index (χ3n) is 5.34. The van der Waals surface area contributed by atoms with Crippen molar-refractivity contribution >= 4 is 13.3 Å². The van der Waals surface area contributed by atoms with Gasteiger partial charge in [-0.15, -0.1) is 0 Å². The Kier molecular flexibility index (Phi) is 12.6. The predicted octanol–water partition coefficient (Wildman–Crippen LogP) is -2.56. The molecule has 6 nitrogen and oxygen atoms in total. The molecular weight excluding hydrogens is 482 g/mol. The van der Waals surface area contributed by atoms with E-state index in [2.05, 4.69) is 11.6 Å². The van der Waals surface area contributed by atoms with Crippen LogP contribution in [0.1, 0.15) is 43.0 Å². The molecule has 10 heteroatoms. The van der Waals surface area contributed by atoms with Crippen LogP contribution in [0.5, 0.6) is 0 Å². The van der Waals surface area contributed by atoms with Gasteiger partial charge in [-0.05, 0) is 47.8 Å². The van der Waals surface area contributed by atoms with Crippen LogP contribution in [0.25, 0.3) is 22.4 Å². The number of carbonyl (C=O) groups excluding carboxylic acids is 1. The van der Waals surface area contributed by atoms with Gasteiger partial charge >= 0.3 is 37.7 Å². The van der Waals surface area contributed by atoms with E-state index in [1.165, 1.54) is 6.07 Å². The van der Waals surface area contributed by atoms with Gasteiger partial charge in [-0.25, -0.2) is 4.39 Å². The van der Waals surface area contributed by atoms with Gasteiger partial charge in [-0.2, -0.15) is 0 Å². The van der Waals surface area contributed by atoms with E-state index >= 15 is 0 Å². The second kappa shape index (κ2) is 14.2. The van der Waals surface area contributed by atoms with Crippen LogP contribution in [-0.2, 0) is 9.36 Å². The van der Waals surface area contributed by atoms with E-state index in [0.717, 1.165) is 5.56 Å². The SMILES string of the molecule is Cc1cc(-c2cc(-c3ccccc3)nc(C(C)C)c2C#CP(=O)([O-])C[C@H](O)CC(=O)[O-])ccc1F.[Li+].[Li+]. The fourth-order valence-electron chi connectivity index (χ4n) is 3.63. The Morgan fingerprint density at radius 2 is 1.76 bits per heavy atom. The van der Waals surface area contributed by atoms with E-state index < -0.39 is 32.0 Å². The number of hydrogen-bond donors (Lipinski definition) is 1. The minimum atomic E-state index is -4.46. The average molecular weight is 507 g/mol. The van der Waals surface area contributed by atoms with Crippen molar-refractivity contribution in [2.24, 2.45) is 0 Å². The molecule has 3 aromatic rings. The summed E-state index contributed by atoms with van der Waals surface area (Å²) in [4.78, 5) is 28.0. The smallest absolute Gasteiger partial charge is 0.790 e. The summed E-state index contributed by atoms with van der Waals surface area (Å²) in [7, 11) is -4.46. The Bertz CT molecular complexity index is 1360. The summed E-state index contributed by atoms with van der Waals surface area (Å²) in [5.74, 6) is 0.670. The summed E-state index contributed by atoms with van der Waals surface area (Å²) in [6.45, 7) is 5.45. The van der Waals surface area contributed by atoms with Gasteiger partial charge < -0.3 is 24.5 Å². The van der Waals surface area contributed by atoms with E-state index in [0.29, 0.717) is 33.6 Å². The topological polar surface area (TPSA) is 113 Å². The van der Waals surface area contributed by atoms with Gasteiger partial charge in [0.1, 0.15) is 5.82 Å². The third-order valence-corrected chi connectivity index (χ3v) is 6.69. The summed E-state index contributed by atoms with van der Waals surface area (Å²) in [5.41, 5.74) is 6.34. The summed E-state index contributed by atoms with van der Waals surface area (Å²) < 4.78 is 26.5. The largest absolute Gasteiger partial charge is 1.00 e. The van der Waals surface area contributed by atoms with Crippen molar-refractivity contribution in [1.82, 2.24) is 4.98 Å². The number of carbonyl (C=O) groups is 1. The number of aliphatic hydroxyl groups is 1. The molecule has 0 spiro atoms. The summed E-state index contributed by atoms with van der Waals surface area (Å²) in [5, 5.41) is 20.4. The number of carboxylic acid groups (broad SMARTS) is 1. The maximum Gasteiger partial charge on any atom is 1.00 e. The first kappa shape index (κ1) is 32.9. The van der Waals surface area contributed by atoms with Gasteiger partial charge in [0.25, 0.3) is 0 Å². The number of benzene rings is 2. The van der Waals surface area contributed by atoms with E-state index in [1.807, 2.05) is 44.2 Å². The van der Waals surface area contributed by atoms with Crippen LogP contribution in [0.4, 0.5) is 4.39 Å². The van der Waals surface area contributed by atoms with Gasteiger partial charge in [0.15, 0.2) is 0 Å². The molecule has 0 fully saturated rings. The summed E-state index contributed by atoms with van der Waals surface area (Å²) in [6, 6.07) is 15.9. The molecule has 0 saturated heterocycles. The van der Waals surface area contributed by atoms with Crippen LogP contribution in [-0.4, -0.2) is 28.3 Å². The molecule has 0 aliphatic rings. The molecule has 0 radical (unpaired) electrons. The normalized spacial score (nSPS) is 12.8. The number of pyridine rings is 1. The Morgan fingerprint density at radius 1 is 1.11 bits per heavy atom. The van der Waals surface area contributed by atoms with Crippen LogP contribution in [0.3, 0.4) is 0 Å². The van der Waals surface area contributed by atoms with Crippen molar-refractivity contribution < 1.29 is 66.6 Å².